The van der Waals surface area contributed by atoms with E-state index in [0.29, 0.717) is 5.52 Å². The largest absolute Gasteiger partial charge is 0.371 e. The first kappa shape index (κ1) is 15.3. The minimum atomic E-state index is -0.207. The smallest absolute Gasteiger partial charge is 0.201 e. The van der Waals surface area contributed by atoms with E-state index in [1.807, 2.05) is 6.07 Å². The molecule has 0 atom stereocenters. The highest BCUT2D eigenvalue weighted by Gasteiger charge is 2.18. The van der Waals surface area contributed by atoms with Crippen molar-refractivity contribution in [1.82, 2.24) is 9.56 Å². The molecule has 4 aliphatic rings. The first-order chi connectivity index (χ1) is 12.3. The second kappa shape index (κ2) is 6.06. The van der Waals surface area contributed by atoms with Crippen molar-refractivity contribution in [3.8, 4) is 10.6 Å². The minimum absolute atomic E-state index is 0.207. The highest BCUT2D eigenvalue weighted by atomic mass is 32.1. The van der Waals surface area contributed by atoms with E-state index in [9.17, 15) is 4.39 Å². The summed E-state index contributed by atoms with van der Waals surface area (Å²) >= 11 is 1.66. The van der Waals surface area contributed by atoms with Gasteiger partial charge in [-0.3, -0.25) is 0 Å². The second-order valence-electron chi connectivity index (χ2n) is 7.03. The molecule has 0 spiro atoms. The third-order valence-corrected chi connectivity index (χ3v) is 6.43. The van der Waals surface area contributed by atoms with Crippen LogP contribution in [0.15, 0.2) is 30.3 Å². The van der Waals surface area contributed by atoms with Crippen LogP contribution in [0.25, 0.3) is 20.8 Å². The zero-order valence-electron chi connectivity index (χ0n) is 14.2. The maximum atomic E-state index is 14.7. The summed E-state index contributed by atoms with van der Waals surface area (Å²) in [5, 5.41) is 1.26. The van der Waals surface area contributed by atoms with Gasteiger partial charge in [-0.2, -0.15) is 0 Å². The molecule has 0 radical (unpaired) electrons. The summed E-state index contributed by atoms with van der Waals surface area (Å²) < 4.78 is 18.0. The normalized spacial score (nSPS) is 18.0. The molecule has 0 amide bonds. The van der Waals surface area contributed by atoms with Gasteiger partial charge in [0.1, 0.15) is 18.6 Å². The Morgan fingerprint density at radius 1 is 1.00 bits per heavy atom. The summed E-state index contributed by atoms with van der Waals surface area (Å²) in [4.78, 5) is 8.02. The molecule has 2 saturated heterocycles. The number of fused-ring (bicyclic) bond motifs is 2. The van der Waals surface area contributed by atoms with Gasteiger partial charge >= 0.3 is 0 Å². The summed E-state index contributed by atoms with van der Waals surface area (Å²) in [6.07, 6.45) is 4.92. The first-order valence-corrected chi connectivity index (χ1v) is 9.97. The molecular weight excluding hydrogens is 333 g/mol. The molecule has 1 aliphatic carbocycles. The fourth-order valence-corrected chi connectivity index (χ4v) is 5.05. The monoisotopic (exact) mass is 354 g/mol. The lowest BCUT2D eigenvalue weighted by atomic mass is 10.2. The Labute approximate surface area is 150 Å². The van der Waals surface area contributed by atoms with Crippen LogP contribution in [0.4, 0.5) is 10.1 Å². The number of halogens is 1. The molecule has 3 nitrogen and oxygen atoms in total. The number of anilines is 1. The number of hydrogen-bond donors (Lipinski definition) is 0. The van der Waals surface area contributed by atoms with E-state index in [4.69, 9.17) is 0 Å². The average molecular weight is 354 g/mol. The van der Waals surface area contributed by atoms with Crippen LogP contribution in [-0.4, -0.2) is 31.2 Å². The van der Waals surface area contributed by atoms with E-state index < -0.39 is 0 Å². The molecule has 0 aromatic heterocycles. The molecule has 25 heavy (non-hydrogen) atoms. The average Bonchev–Trinajstić information content (AvgIpc) is 3.33. The van der Waals surface area contributed by atoms with E-state index in [1.54, 1.807) is 17.4 Å². The van der Waals surface area contributed by atoms with Crippen LogP contribution >= 0.6 is 11.3 Å². The molecule has 5 rings (SSSR count). The van der Waals surface area contributed by atoms with Crippen LogP contribution in [-0.2, 0) is 0 Å². The van der Waals surface area contributed by atoms with E-state index in [0.717, 1.165) is 47.1 Å². The molecule has 0 saturated carbocycles. The number of hydrogen-bond acceptors (Lipinski definition) is 3. The Kier molecular flexibility index (Phi) is 3.70. The van der Waals surface area contributed by atoms with E-state index in [1.165, 1.54) is 31.0 Å². The summed E-state index contributed by atoms with van der Waals surface area (Å²) in [5.41, 5.74) is 2.37. The Hall–Kier alpha value is -2.01. The molecule has 1 aromatic carbocycles. The Morgan fingerprint density at radius 2 is 1.80 bits per heavy atom. The third-order valence-electron chi connectivity index (χ3n) is 5.35. The molecule has 0 bridgehead atoms. The quantitative estimate of drug-likeness (QED) is 0.490. The van der Waals surface area contributed by atoms with Crippen LogP contribution in [0, 0.1) is 5.82 Å². The van der Waals surface area contributed by atoms with Crippen molar-refractivity contribution in [3.63, 3.8) is 0 Å². The van der Waals surface area contributed by atoms with Gasteiger partial charge in [-0.25, -0.2) is 13.9 Å². The third kappa shape index (κ3) is 2.71. The second-order valence-corrected chi connectivity index (χ2v) is 8.11. The van der Waals surface area contributed by atoms with Gasteiger partial charge in [0.2, 0.25) is 5.36 Å². The molecular formula is C20H21FN3S+. The zero-order chi connectivity index (χ0) is 16.8. The van der Waals surface area contributed by atoms with Crippen molar-refractivity contribution < 1.29 is 4.39 Å². The van der Waals surface area contributed by atoms with Gasteiger partial charge in [-0.05, 0) is 31.0 Å². The molecule has 128 valence electrons. The zero-order valence-corrected chi connectivity index (χ0v) is 15.0. The topological polar surface area (TPSA) is 19.1 Å². The lowest BCUT2D eigenvalue weighted by Crippen LogP contribution is -2.26. The number of aromatic nitrogens is 1. The lowest BCUT2D eigenvalue weighted by molar-refractivity contribution is 0.636. The molecule has 3 aliphatic heterocycles. The van der Waals surface area contributed by atoms with Crippen molar-refractivity contribution in [3.05, 3.63) is 41.5 Å². The van der Waals surface area contributed by atoms with Gasteiger partial charge in [0, 0.05) is 43.8 Å². The van der Waals surface area contributed by atoms with Crippen molar-refractivity contribution in [2.75, 3.05) is 31.1 Å². The Balaban J connectivity index is 1.70. The van der Waals surface area contributed by atoms with Gasteiger partial charge < -0.3 is 4.90 Å². The number of benzene rings is 2. The van der Waals surface area contributed by atoms with Crippen molar-refractivity contribution in [1.29, 1.82) is 0 Å². The summed E-state index contributed by atoms with van der Waals surface area (Å²) in [5.74, 6) is -0.207. The molecule has 1 aromatic rings. The lowest BCUT2D eigenvalue weighted by Gasteiger charge is -2.18. The molecule has 3 heterocycles. The van der Waals surface area contributed by atoms with E-state index in [-0.39, 0.29) is 5.82 Å². The van der Waals surface area contributed by atoms with Crippen LogP contribution in [0.2, 0.25) is 0 Å². The molecule has 5 heteroatoms. The van der Waals surface area contributed by atoms with Crippen molar-refractivity contribution in [2.45, 2.75) is 25.7 Å². The van der Waals surface area contributed by atoms with E-state index >= 15 is 0 Å². The molecule has 0 N–H and O–H groups in total. The summed E-state index contributed by atoms with van der Waals surface area (Å²) in [7, 11) is 0. The molecule has 0 unspecified atom stereocenters. The van der Waals surface area contributed by atoms with Crippen LogP contribution < -0.4 is 14.8 Å². The van der Waals surface area contributed by atoms with Crippen LogP contribution in [0.3, 0.4) is 0 Å². The number of rotatable bonds is 1. The van der Waals surface area contributed by atoms with Crippen molar-refractivity contribution >= 4 is 27.2 Å². The fourth-order valence-electron chi connectivity index (χ4n) is 3.99. The Morgan fingerprint density at radius 3 is 2.60 bits per heavy atom. The van der Waals surface area contributed by atoms with Crippen LogP contribution in [0.5, 0.6) is 0 Å². The van der Waals surface area contributed by atoms with Crippen LogP contribution in [0.1, 0.15) is 25.7 Å². The first-order valence-electron chi connectivity index (χ1n) is 9.15. The SMILES string of the molecule is Fc1cc(N2CCCC2)cc2sc3cc(=[N+]4CCCC4)ccc-3nc12. The van der Waals surface area contributed by atoms with Gasteiger partial charge in [-0.1, -0.05) is 0 Å². The van der Waals surface area contributed by atoms with Crippen molar-refractivity contribution in [2.24, 2.45) is 0 Å². The summed E-state index contributed by atoms with van der Waals surface area (Å²) in [6, 6.07) is 10.1. The van der Waals surface area contributed by atoms with Gasteiger partial charge in [0.05, 0.1) is 15.3 Å². The Bertz CT molecular complexity index is 980. The molecule has 2 fully saturated rings. The van der Waals surface area contributed by atoms with Gasteiger partial charge in [0.15, 0.2) is 5.82 Å². The maximum Gasteiger partial charge on any atom is 0.201 e. The van der Waals surface area contributed by atoms with Gasteiger partial charge in [-0.15, -0.1) is 11.3 Å². The minimum Gasteiger partial charge on any atom is -0.371 e. The highest BCUT2D eigenvalue weighted by Crippen LogP contribution is 2.34. The standard InChI is InChI=1S/C20H21FN3S/c21-16-11-15(24-9-3-4-10-24)13-19-20(16)22-17-6-5-14(12-18(17)25-19)23-7-1-2-8-23/h5-6,11-13H,1-4,7-10H2/q+1. The van der Waals surface area contributed by atoms with E-state index in [2.05, 4.69) is 32.7 Å². The highest BCUT2D eigenvalue weighted by molar-refractivity contribution is 7.21. The number of nitrogens with zero attached hydrogens (tertiary/aromatic N) is 3. The van der Waals surface area contributed by atoms with Gasteiger partial charge in [0.25, 0.3) is 0 Å². The predicted octanol–water partition coefficient (Wildman–Crippen LogP) is 3.71. The fraction of sp³-hybridized carbons (Fsp3) is 0.400. The predicted molar refractivity (Wildman–Crippen MR) is 102 cm³/mol. The maximum absolute atomic E-state index is 14.7. The summed E-state index contributed by atoms with van der Waals surface area (Å²) in [6.45, 7) is 4.31.